The third kappa shape index (κ3) is 3.64. The first-order chi connectivity index (χ1) is 9.26. The molecule has 2 bridgehead atoms. The van der Waals surface area contributed by atoms with Gasteiger partial charge in [0.05, 0.1) is 0 Å². The van der Waals surface area contributed by atoms with E-state index in [0.29, 0.717) is 13.1 Å². The SMILES string of the molecule is CC(=O)OC1C2CCCC1CN(C(=O)OC(C)(C)C)C2. The summed E-state index contributed by atoms with van der Waals surface area (Å²) in [6, 6.07) is 0. The maximum Gasteiger partial charge on any atom is 0.410 e. The van der Waals surface area contributed by atoms with Crippen LogP contribution < -0.4 is 0 Å². The largest absolute Gasteiger partial charge is 0.462 e. The summed E-state index contributed by atoms with van der Waals surface area (Å²) in [5.41, 5.74) is -0.473. The Balaban J connectivity index is 2.01. The number of amides is 1. The van der Waals surface area contributed by atoms with Crippen molar-refractivity contribution in [2.45, 2.75) is 58.7 Å². The Labute approximate surface area is 120 Å². The number of fused-ring (bicyclic) bond motifs is 2. The molecule has 20 heavy (non-hydrogen) atoms. The second-order valence-corrected chi connectivity index (χ2v) is 6.91. The van der Waals surface area contributed by atoms with Gasteiger partial charge in [-0.25, -0.2) is 4.79 Å². The first-order valence-electron chi connectivity index (χ1n) is 7.41. The summed E-state index contributed by atoms with van der Waals surface area (Å²) >= 11 is 0. The topological polar surface area (TPSA) is 55.8 Å². The molecule has 1 saturated carbocycles. The number of esters is 1. The van der Waals surface area contributed by atoms with E-state index >= 15 is 0 Å². The third-order valence-corrected chi connectivity index (χ3v) is 3.94. The zero-order chi connectivity index (χ0) is 14.9. The Morgan fingerprint density at radius 1 is 1.10 bits per heavy atom. The van der Waals surface area contributed by atoms with Crippen LogP contribution in [0.3, 0.4) is 0 Å². The minimum atomic E-state index is -0.473. The van der Waals surface area contributed by atoms with E-state index in [-0.39, 0.29) is 30.0 Å². The maximum atomic E-state index is 12.2. The van der Waals surface area contributed by atoms with Crippen molar-refractivity contribution in [3.8, 4) is 0 Å². The third-order valence-electron chi connectivity index (χ3n) is 3.94. The smallest absolute Gasteiger partial charge is 0.410 e. The molecule has 0 aromatic rings. The highest BCUT2D eigenvalue weighted by Crippen LogP contribution is 2.37. The summed E-state index contributed by atoms with van der Waals surface area (Å²) < 4.78 is 10.9. The summed E-state index contributed by atoms with van der Waals surface area (Å²) in [7, 11) is 0. The van der Waals surface area contributed by atoms with Gasteiger partial charge in [-0.05, 0) is 33.6 Å². The van der Waals surface area contributed by atoms with Gasteiger partial charge in [-0.3, -0.25) is 4.79 Å². The highest BCUT2D eigenvalue weighted by atomic mass is 16.6. The average Bonchev–Trinajstić information content (AvgIpc) is 2.24. The van der Waals surface area contributed by atoms with E-state index in [4.69, 9.17) is 9.47 Å². The minimum absolute atomic E-state index is 0.0278. The molecule has 2 fully saturated rings. The second kappa shape index (κ2) is 5.62. The number of hydrogen-bond acceptors (Lipinski definition) is 4. The first-order valence-corrected chi connectivity index (χ1v) is 7.41. The zero-order valence-corrected chi connectivity index (χ0v) is 12.8. The fourth-order valence-electron chi connectivity index (χ4n) is 3.25. The van der Waals surface area contributed by atoms with Crippen LogP contribution in [-0.4, -0.2) is 41.8 Å². The van der Waals surface area contributed by atoms with E-state index in [2.05, 4.69) is 0 Å². The molecule has 5 heteroatoms. The van der Waals surface area contributed by atoms with E-state index in [1.165, 1.54) is 6.92 Å². The van der Waals surface area contributed by atoms with Gasteiger partial charge < -0.3 is 14.4 Å². The second-order valence-electron chi connectivity index (χ2n) is 6.91. The maximum absolute atomic E-state index is 12.2. The molecule has 0 radical (unpaired) electrons. The molecule has 2 rings (SSSR count). The van der Waals surface area contributed by atoms with E-state index < -0.39 is 5.60 Å². The molecule has 1 aliphatic carbocycles. The summed E-state index contributed by atoms with van der Waals surface area (Å²) in [4.78, 5) is 25.2. The van der Waals surface area contributed by atoms with E-state index in [1.807, 2.05) is 20.8 Å². The summed E-state index contributed by atoms with van der Waals surface area (Å²) in [6.45, 7) is 8.33. The lowest BCUT2D eigenvalue weighted by atomic mass is 9.75. The first kappa shape index (κ1) is 15.1. The number of carbonyl (C=O) groups excluding carboxylic acids is 2. The van der Waals surface area contributed by atoms with Gasteiger partial charge in [0.25, 0.3) is 0 Å². The molecular weight excluding hydrogens is 258 g/mol. The minimum Gasteiger partial charge on any atom is -0.462 e. The van der Waals surface area contributed by atoms with Crippen LogP contribution in [0, 0.1) is 11.8 Å². The van der Waals surface area contributed by atoms with Gasteiger partial charge in [-0.2, -0.15) is 0 Å². The van der Waals surface area contributed by atoms with Gasteiger partial charge in [-0.15, -0.1) is 0 Å². The molecule has 0 spiro atoms. The van der Waals surface area contributed by atoms with Crippen LogP contribution in [0.15, 0.2) is 0 Å². The number of likely N-dealkylation sites (tertiary alicyclic amines) is 1. The van der Waals surface area contributed by atoms with Crippen molar-refractivity contribution in [1.82, 2.24) is 4.90 Å². The molecule has 5 nitrogen and oxygen atoms in total. The quantitative estimate of drug-likeness (QED) is 0.694. The fourth-order valence-corrected chi connectivity index (χ4v) is 3.25. The van der Waals surface area contributed by atoms with Crippen molar-refractivity contribution in [3.63, 3.8) is 0 Å². The molecule has 1 amide bonds. The predicted molar refractivity (Wildman–Crippen MR) is 74.2 cm³/mol. The monoisotopic (exact) mass is 283 g/mol. The van der Waals surface area contributed by atoms with Gasteiger partial charge in [0.1, 0.15) is 11.7 Å². The Bertz CT molecular complexity index is 374. The standard InChI is InChI=1S/C15H25NO4/c1-10(17)19-13-11-6-5-7-12(13)9-16(8-11)14(18)20-15(2,3)4/h11-13H,5-9H2,1-4H3. The highest BCUT2D eigenvalue weighted by Gasteiger charge is 2.43. The molecule has 0 N–H and O–H groups in total. The number of carbonyl (C=O) groups is 2. The van der Waals surface area contributed by atoms with Crippen molar-refractivity contribution in [2.24, 2.45) is 11.8 Å². The fraction of sp³-hybridized carbons (Fsp3) is 0.867. The van der Waals surface area contributed by atoms with Crippen LogP contribution in [0.25, 0.3) is 0 Å². The van der Waals surface area contributed by atoms with Crippen LogP contribution in [0.4, 0.5) is 4.79 Å². The van der Waals surface area contributed by atoms with Crippen LogP contribution in [-0.2, 0) is 14.3 Å². The van der Waals surface area contributed by atoms with Crippen LogP contribution >= 0.6 is 0 Å². The number of ether oxygens (including phenoxy) is 2. The van der Waals surface area contributed by atoms with Crippen LogP contribution in [0.1, 0.15) is 47.0 Å². The molecular formula is C15H25NO4. The Hall–Kier alpha value is -1.26. The van der Waals surface area contributed by atoms with Gasteiger partial charge in [0.2, 0.25) is 0 Å². The molecule has 0 aromatic heterocycles. The molecule has 1 aliphatic heterocycles. The van der Waals surface area contributed by atoms with Crippen LogP contribution in [0.5, 0.6) is 0 Å². The van der Waals surface area contributed by atoms with Crippen molar-refractivity contribution >= 4 is 12.1 Å². The summed E-state index contributed by atoms with van der Waals surface area (Å²) in [5.74, 6) is 0.274. The van der Waals surface area contributed by atoms with Crippen molar-refractivity contribution < 1.29 is 19.1 Å². The summed E-state index contributed by atoms with van der Waals surface area (Å²) in [5, 5.41) is 0. The highest BCUT2D eigenvalue weighted by molar-refractivity contribution is 5.68. The number of hydrogen-bond donors (Lipinski definition) is 0. The molecule has 2 aliphatic rings. The average molecular weight is 283 g/mol. The van der Waals surface area contributed by atoms with Gasteiger partial charge in [0, 0.05) is 31.8 Å². The lowest BCUT2D eigenvalue weighted by Gasteiger charge is -2.46. The van der Waals surface area contributed by atoms with E-state index in [9.17, 15) is 9.59 Å². The number of rotatable bonds is 1. The molecule has 1 saturated heterocycles. The van der Waals surface area contributed by atoms with Crippen molar-refractivity contribution in [2.75, 3.05) is 13.1 Å². The lowest BCUT2D eigenvalue weighted by Crippen LogP contribution is -2.55. The molecule has 1 heterocycles. The Morgan fingerprint density at radius 3 is 2.10 bits per heavy atom. The molecule has 114 valence electrons. The van der Waals surface area contributed by atoms with Crippen LogP contribution in [0.2, 0.25) is 0 Å². The molecule has 2 atom stereocenters. The Morgan fingerprint density at radius 2 is 1.65 bits per heavy atom. The lowest BCUT2D eigenvalue weighted by molar-refractivity contribution is -0.160. The van der Waals surface area contributed by atoms with Gasteiger partial charge in [-0.1, -0.05) is 6.42 Å². The van der Waals surface area contributed by atoms with E-state index in [1.54, 1.807) is 4.90 Å². The number of piperidine rings is 1. The van der Waals surface area contributed by atoms with Gasteiger partial charge >= 0.3 is 12.1 Å². The van der Waals surface area contributed by atoms with Gasteiger partial charge in [0.15, 0.2) is 0 Å². The molecule has 2 unspecified atom stereocenters. The van der Waals surface area contributed by atoms with Crippen molar-refractivity contribution in [3.05, 3.63) is 0 Å². The predicted octanol–water partition coefficient (Wildman–Crippen LogP) is 2.59. The number of nitrogens with zero attached hydrogens (tertiary/aromatic N) is 1. The summed E-state index contributed by atoms with van der Waals surface area (Å²) in [6.07, 6.45) is 2.88. The normalized spacial score (nSPS) is 29.8. The Kier molecular flexibility index (Phi) is 4.25. The zero-order valence-electron chi connectivity index (χ0n) is 12.8. The van der Waals surface area contributed by atoms with Crippen molar-refractivity contribution in [1.29, 1.82) is 0 Å². The van der Waals surface area contributed by atoms with E-state index in [0.717, 1.165) is 19.3 Å². The molecule has 0 aromatic carbocycles.